The number of amides is 3. The molecule has 0 aliphatic carbocycles. The van der Waals surface area contributed by atoms with E-state index in [0.717, 1.165) is 29.5 Å². The molecule has 9 heteroatoms. The summed E-state index contributed by atoms with van der Waals surface area (Å²) in [5.74, 6) is 0.737. The minimum Gasteiger partial charge on any atom is -0.496 e. The van der Waals surface area contributed by atoms with Gasteiger partial charge >= 0.3 is 0 Å². The number of hydrogen-bond donors (Lipinski definition) is 0. The largest absolute Gasteiger partial charge is 0.496 e. The zero-order valence-corrected chi connectivity index (χ0v) is 16.8. The van der Waals surface area contributed by atoms with E-state index in [-0.39, 0.29) is 17.4 Å². The highest BCUT2D eigenvalue weighted by atomic mass is 32.2. The molecule has 0 atom stereocenters. The molecule has 0 aromatic heterocycles. The summed E-state index contributed by atoms with van der Waals surface area (Å²) >= 11 is 0.804. The summed E-state index contributed by atoms with van der Waals surface area (Å²) in [6, 6.07) is 3.31. The molecular weight excluding hydrogens is 384 g/mol. The van der Waals surface area contributed by atoms with Crippen LogP contribution in [0.2, 0.25) is 0 Å². The van der Waals surface area contributed by atoms with Crippen molar-refractivity contribution in [1.29, 1.82) is 0 Å². The third-order valence-electron chi connectivity index (χ3n) is 4.65. The number of nitrogens with zero attached hydrogens (tertiary/aromatic N) is 2. The Bertz CT molecular complexity index is 832. The van der Waals surface area contributed by atoms with Gasteiger partial charge in [-0.25, -0.2) is 0 Å². The topological polar surface area (TPSA) is 85.4 Å². The maximum Gasteiger partial charge on any atom is 0.294 e. The van der Waals surface area contributed by atoms with E-state index in [0.29, 0.717) is 35.9 Å². The number of benzene rings is 1. The molecule has 8 nitrogen and oxygen atoms in total. The van der Waals surface area contributed by atoms with Gasteiger partial charge in [0.05, 0.1) is 26.2 Å². The van der Waals surface area contributed by atoms with Crippen molar-refractivity contribution < 1.29 is 28.6 Å². The number of carbonyl (C=O) groups is 3. The molecule has 2 heterocycles. The van der Waals surface area contributed by atoms with Gasteiger partial charge in [0.15, 0.2) is 11.5 Å². The summed E-state index contributed by atoms with van der Waals surface area (Å²) in [6.45, 7) is 1.12. The van der Waals surface area contributed by atoms with Gasteiger partial charge in [-0.2, -0.15) is 0 Å². The number of thioether (sulfide) groups is 1. The number of methoxy groups -OCH3 is 3. The molecule has 2 aliphatic heterocycles. The fraction of sp³-hybridized carbons (Fsp3) is 0.421. The lowest BCUT2D eigenvalue weighted by atomic mass is 10.1. The quantitative estimate of drug-likeness (QED) is 0.671. The van der Waals surface area contributed by atoms with Crippen molar-refractivity contribution in [2.45, 2.75) is 12.8 Å². The monoisotopic (exact) mass is 406 g/mol. The molecule has 1 aromatic rings. The molecule has 3 rings (SSSR count). The Kier molecular flexibility index (Phi) is 6.13. The van der Waals surface area contributed by atoms with Crippen LogP contribution >= 0.6 is 11.8 Å². The summed E-state index contributed by atoms with van der Waals surface area (Å²) in [7, 11) is 4.52. The minimum absolute atomic E-state index is 0.204. The molecule has 28 heavy (non-hydrogen) atoms. The highest BCUT2D eigenvalue weighted by molar-refractivity contribution is 8.18. The molecule has 0 spiro atoms. The number of likely N-dealkylation sites (tertiary alicyclic amines) is 1. The van der Waals surface area contributed by atoms with Crippen molar-refractivity contribution in [1.82, 2.24) is 9.80 Å². The van der Waals surface area contributed by atoms with Crippen molar-refractivity contribution >= 4 is 34.9 Å². The van der Waals surface area contributed by atoms with Gasteiger partial charge in [0.25, 0.3) is 11.1 Å². The van der Waals surface area contributed by atoms with Crippen LogP contribution in [-0.4, -0.2) is 67.8 Å². The molecule has 2 saturated heterocycles. The maximum atomic E-state index is 12.7. The highest BCUT2D eigenvalue weighted by Crippen LogP contribution is 2.38. The van der Waals surface area contributed by atoms with E-state index < -0.39 is 11.1 Å². The Labute approximate surface area is 167 Å². The first kappa shape index (κ1) is 20.1. The number of imide groups is 1. The molecule has 0 bridgehead atoms. The van der Waals surface area contributed by atoms with Crippen molar-refractivity contribution in [2.75, 3.05) is 41.0 Å². The summed E-state index contributed by atoms with van der Waals surface area (Å²) in [6.07, 6.45) is 3.46. The van der Waals surface area contributed by atoms with Crippen LogP contribution in [0.4, 0.5) is 4.79 Å². The fourth-order valence-corrected chi connectivity index (χ4v) is 3.97. The van der Waals surface area contributed by atoms with Crippen LogP contribution in [0.25, 0.3) is 6.08 Å². The van der Waals surface area contributed by atoms with E-state index in [1.165, 1.54) is 21.3 Å². The first-order valence-electron chi connectivity index (χ1n) is 8.81. The Balaban J connectivity index is 1.84. The lowest BCUT2D eigenvalue weighted by Crippen LogP contribution is -2.40. The van der Waals surface area contributed by atoms with Crippen LogP contribution in [0.5, 0.6) is 17.2 Å². The van der Waals surface area contributed by atoms with Crippen molar-refractivity contribution in [3.05, 3.63) is 22.6 Å². The lowest BCUT2D eigenvalue weighted by molar-refractivity contribution is -0.135. The molecule has 2 aliphatic rings. The lowest BCUT2D eigenvalue weighted by Gasteiger charge is -2.18. The van der Waals surface area contributed by atoms with Crippen molar-refractivity contribution in [2.24, 2.45) is 0 Å². The number of carbonyl (C=O) groups excluding carboxylic acids is 3. The Morgan fingerprint density at radius 3 is 2.25 bits per heavy atom. The average molecular weight is 406 g/mol. The normalized spacial score (nSPS) is 18.2. The van der Waals surface area contributed by atoms with E-state index in [2.05, 4.69) is 0 Å². The van der Waals surface area contributed by atoms with Gasteiger partial charge in [-0.15, -0.1) is 0 Å². The molecule has 3 amide bonds. The molecule has 0 radical (unpaired) electrons. The third kappa shape index (κ3) is 3.94. The smallest absolute Gasteiger partial charge is 0.294 e. The van der Waals surface area contributed by atoms with Gasteiger partial charge in [-0.3, -0.25) is 19.3 Å². The standard InChI is InChI=1S/C19H22N2O6S/c1-25-13-10-15(27-3)14(26-2)8-12(13)9-16-18(23)21(19(24)28-16)11-17(22)20-6-4-5-7-20/h8-10H,4-7,11H2,1-3H3/b16-9+. The fourth-order valence-electron chi connectivity index (χ4n) is 3.14. The van der Waals surface area contributed by atoms with Crippen LogP contribution in [-0.2, 0) is 9.59 Å². The van der Waals surface area contributed by atoms with E-state index in [4.69, 9.17) is 14.2 Å². The second kappa shape index (κ2) is 8.55. The maximum absolute atomic E-state index is 12.7. The van der Waals surface area contributed by atoms with Gasteiger partial charge in [0, 0.05) is 24.7 Å². The first-order valence-corrected chi connectivity index (χ1v) is 9.63. The zero-order valence-electron chi connectivity index (χ0n) is 16.0. The van der Waals surface area contributed by atoms with Crippen LogP contribution < -0.4 is 14.2 Å². The van der Waals surface area contributed by atoms with Gasteiger partial charge in [0.1, 0.15) is 12.3 Å². The Hall–Kier alpha value is -2.68. The van der Waals surface area contributed by atoms with E-state index in [1.807, 2.05) is 0 Å². The Morgan fingerprint density at radius 2 is 1.64 bits per heavy atom. The van der Waals surface area contributed by atoms with Crippen LogP contribution in [0, 0.1) is 0 Å². The minimum atomic E-state index is -0.487. The summed E-state index contributed by atoms with van der Waals surface area (Å²) in [4.78, 5) is 40.2. The molecule has 0 saturated carbocycles. The van der Waals surface area contributed by atoms with Gasteiger partial charge < -0.3 is 19.1 Å². The zero-order chi connectivity index (χ0) is 20.3. The highest BCUT2D eigenvalue weighted by Gasteiger charge is 2.37. The number of ether oxygens (including phenoxy) is 3. The van der Waals surface area contributed by atoms with Gasteiger partial charge in [-0.1, -0.05) is 0 Å². The van der Waals surface area contributed by atoms with Gasteiger partial charge in [-0.05, 0) is 36.7 Å². The summed E-state index contributed by atoms with van der Waals surface area (Å²) in [5, 5.41) is -0.455. The predicted octanol–water partition coefficient (Wildman–Crippen LogP) is 2.37. The summed E-state index contributed by atoms with van der Waals surface area (Å²) < 4.78 is 15.9. The van der Waals surface area contributed by atoms with E-state index >= 15 is 0 Å². The average Bonchev–Trinajstić information content (AvgIpc) is 3.32. The van der Waals surface area contributed by atoms with E-state index in [1.54, 1.807) is 23.1 Å². The van der Waals surface area contributed by atoms with Crippen molar-refractivity contribution in [3.63, 3.8) is 0 Å². The summed E-state index contributed by atoms with van der Waals surface area (Å²) in [5.41, 5.74) is 0.566. The first-order chi connectivity index (χ1) is 13.5. The molecule has 150 valence electrons. The third-order valence-corrected chi connectivity index (χ3v) is 5.56. The van der Waals surface area contributed by atoms with Crippen LogP contribution in [0.15, 0.2) is 17.0 Å². The predicted molar refractivity (Wildman–Crippen MR) is 105 cm³/mol. The van der Waals surface area contributed by atoms with Crippen molar-refractivity contribution in [3.8, 4) is 17.2 Å². The molecule has 0 N–H and O–H groups in total. The molecule has 1 aromatic carbocycles. The number of hydrogen-bond acceptors (Lipinski definition) is 7. The van der Waals surface area contributed by atoms with Crippen LogP contribution in [0.3, 0.4) is 0 Å². The molecular formula is C19H22N2O6S. The SMILES string of the molecule is COc1cc(OC)c(OC)cc1/C=C1/SC(=O)N(CC(=O)N2CCCC2)C1=O. The van der Waals surface area contributed by atoms with Crippen LogP contribution in [0.1, 0.15) is 18.4 Å². The van der Waals surface area contributed by atoms with E-state index in [9.17, 15) is 14.4 Å². The van der Waals surface area contributed by atoms with Gasteiger partial charge in [0.2, 0.25) is 5.91 Å². The number of rotatable bonds is 6. The Morgan fingerprint density at radius 1 is 1.04 bits per heavy atom. The second-order valence-corrected chi connectivity index (χ2v) is 7.30. The molecule has 0 unspecified atom stereocenters. The second-order valence-electron chi connectivity index (χ2n) is 6.30. The molecule has 2 fully saturated rings.